The van der Waals surface area contributed by atoms with Gasteiger partial charge in [-0.2, -0.15) is 0 Å². The molecular formula is HN2O4S. The Morgan fingerprint density at radius 2 is 1.71 bits per heavy atom. The van der Waals surface area contributed by atoms with Crippen molar-refractivity contribution in [2.75, 3.05) is 0 Å². The molecule has 7 heavy (non-hydrogen) atoms. The fourth-order valence-corrected chi connectivity index (χ4v) is 0. The van der Waals surface area contributed by atoms with Crippen molar-refractivity contribution in [1.82, 2.24) is 5.14 Å². The monoisotopic (exact) mass is 125 g/mol. The summed E-state index contributed by atoms with van der Waals surface area (Å²) in [7, 11) is -4.77. The summed E-state index contributed by atoms with van der Waals surface area (Å²) in [5, 5.41) is 14.7. The quantitative estimate of drug-likeness (QED) is 0.324. The maximum Gasteiger partial charge on any atom is 0.509 e. The van der Waals surface area contributed by atoms with Crippen molar-refractivity contribution in [2.24, 2.45) is 0 Å². The molecular weight excluding hydrogens is 124 g/mol. The molecule has 1 N–H and O–H groups in total. The molecule has 41 valence electrons. The second-order valence-electron chi connectivity index (χ2n) is 0.699. The van der Waals surface area contributed by atoms with Crippen LogP contribution in [0.1, 0.15) is 0 Å². The van der Waals surface area contributed by atoms with Crippen molar-refractivity contribution in [1.29, 1.82) is 0 Å². The Balaban J connectivity index is 4.43. The molecule has 0 bridgehead atoms. The van der Waals surface area contributed by atoms with Crippen molar-refractivity contribution in [2.45, 2.75) is 0 Å². The van der Waals surface area contributed by atoms with Gasteiger partial charge in [0.05, 0.1) is 0 Å². The minimum atomic E-state index is -4.77. The van der Waals surface area contributed by atoms with Gasteiger partial charge in [0, 0.05) is 0 Å². The second kappa shape index (κ2) is 1.43. The molecule has 0 amide bonds. The van der Waals surface area contributed by atoms with Crippen LogP contribution in [0, 0.1) is 10.1 Å². The summed E-state index contributed by atoms with van der Waals surface area (Å²) in [6, 6.07) is 0. The summed E-state index contributed by atoms with van der Waals surface area (Å²) in [6.45, 7) is 0. The third-order valence-electron chi connectivity index (χ3n) is 0.196. The summed E-state index contributed by atoms with van der Waals surface area (Å²) in [4.78, 5) is 9.05. The van der Waals surface area contributed by atoms with Gasteiger partial charge >= 0.3 is 10.2 Å². The molecule has 0 atom stereocenters. The molecule has 0 fully saturated rings. The zero-order valence-electron chi connectivity index (χ0n) is 2.99. The molecule has 0 heterocycles. The first-order valence-electron chi connectivity index (χ1n) is 1.09. The van der Waals surface area contributed by atoms with E-state index in [1.807, 2.05) is 0 Å². The Labute approximate surface area is 39.3 Å². The van der Waals surface area contributed by atoms with Crippen LogP contribution in [0.4, 0.5) is 0 Å². The van der Waals surface area contributed by atoms with E-state index in [1.165, 1.54) is 0 Å². The van der Waals surface area contributed by atoms with Crippen molar-refractivity contribution in [3.63, 3.8) is 0 Å². The molecule has 0 saturated carbocycles. The van der Waals surface area contributed by atoms with Crippen LogP contribution in [0.25, 0.3) is 0 Å². The highest BCUT2D eigenvalue weighted by molar-refractivity contribution is 7.82. The Morgan fingerprint density at radius 1 is 1.57 bits per heavy atom. The number of nitro groups is 1. The van der Waals surface area contributed by atoms with Crippen LogP contribution in [0.5, 0.6) is 0 Å². The van der Waals surface area contributed by atoms with Gasteiger partial charge in [0.25, 0.3) is 0 Å². The number of rotatable bonds is 1. The molecule has 0 aromatic carbocycles. The van der Waals surface area contributed by atoms with Crippen LogP contribution in [0.15, 0.2) is 0 Å². The highest BCUT2D eigenvalue weighted by atomic mass is 32.2. The number of hydrogen-bond acceptors (Lipinski definition) is 4. The minimum absolute atomic E-state index is 1.67. The topological polar surface area (TPSA) is 101 Å². The van der Waals surface area contributed by atoms with Gasteiger partial charge < -0.3 is 0 Å². The van der Waals surface area contributed by atoms with Crippen LogP contribution >= 0.6 is 0 Å². The highest BCUT2D eigenvalue weighted by Crippen LogP contribution is 1.75. The van der Waals surface area contributed by atoms with Crippen molar-refractivity contribution in [3.05, 3.63) is 10.1 Å². The third-order valence-corrected chi connectivity index (χ3v) is 0.589. The first kappa shape index (κ1) is 6.31. The average molecular weight is 125 g/mol. The van der Waals surface area contributed by atoms with E-state index >= 15 is 0 Å². The van der Waals surface area contributed by atoms with Gasteiger partial charge in [0.1, 0.15) is 0 Å². The zero-order chi connectivity index (χ0) is 6.08. The molecule has 0 aliphatic heterocycles. The van der Waals surface area contributed by atoms with E-state index in [4.69, 9.17) is 15.3 Å². The SMILES string of the molecule is [NH]S(=O)(=O)[N+](=O)[O-]. The lowest BCUT2D eigenvalue weighted by atomic mass is 13.4. The first-order chi connectivity index (χ1) is 2.94. The normalized spacial score (nSPS) is 11.0. The molecule has 0 aromatic heterocycles. The van der Waals surface area contributed by atoms with E-state index in [-0.39, 0.29) is 0 Å². The lowest BCUT2D eigenvalue weighted by Crippen LogP contribution is -2.11. The lowest BCUT2D eigenvalue weighted by Gasteiger charge is -1.76. The standard InChI is InChI=1S/HN2O4S/c1-7(5,6)2(3)4/h1H. The van der Waals surface area contributed by atoms with Crippen LogP contribution in [0.3, 0.4) is 0 Å². The number of nitrogens with zero attached hydrogens (tertiary/aromatic N) is 1. The van der Waals surface area contributed by atoms with Crippen LogP contribution in [-0.2, 0) is 10.2 Å². The Hall–Kier alpha value is -0.690. The van der Waals surface area contributed by atoms with Crippen molar-refractivity contribution >= 4 is 10.2 Å². The van der Waals surface area contributed by atoms with E-state index in [1.54, 1.807) is 0 Å². The zero-order valence-corrected chi connectivity index (χ0v) is 3.80. The summed E-state index contributed by atoms with van der Waals surface area (Å²) in [6.07, 6.45) is 0. The molecule has 0 saturated heterocycles. The molecule has 0 aromatic rings. The fraction of sp³-hybridized carbons (Fsp3) is 0. The maximum absolute atomic E-state index is 9.30. The van der Waals surface area contributed by atoms with E-state index in [0.717, 1.165) is 0 Å². The van der Waals surface area contributed by atoms with Gasteiger partial charge in [0.15, 0.2) is 4.33 Å². The Bertz CT molecular complexity index is 164. The molecule has 0 aliphatic rings. The van der Waals surface area contributed by atoms with Crippen molar-refractivity contribution in [3.8, 4) is 0 Å². The van der Waals surface area contributed by atoms with Crippen LogP contribution in [0.2, 0.25) is 0 Å². The van der Waals surface area contributed by atoms with Crippen LogP contribution < -0.4 is 5.14 Å². The summed E-state index contributed by atoms with van der Waals surface area (Å²) in [5.74, 6) is 0. The van der Waals surface area contributed by atoms with Gasteiger partial charge in [0.2, 0.25) is 0 Å². The van der Waals surface area contributed by atoms with E-state index < -0.39 is 14.5 Å². The van der Waals surface area contributed by atoms with Gasteiger partial charge in [-0.15, -0.1) is 8.42 Å². The Kier molecular flexibility index (Phi) is 1.29. The second-order valence-corrected chi connectivity index (χ2v) is 1.95. The summed E-state index contributed by atoms with van der Waals surface area (Å²) >= 11 is 0. The molecule has 6 nitrogen and oxygen atoms in total. The first-order valence-corrected chi connectivity index (χ1v) is 2.53. The smallest absolute Gasteiger partial charge is 0.246 e. The van der Waals surface area contributed by atoms with E-state index in [2.05, 4.69) is 0 Å². The summed E-state index contributed by atoms with van der Waals surface area (Å²) < 4.78 is 16.9. The maximum atomic E-state index is 9.30. The predicted molar refractivity (Wildman–Crippen MR) is 19.0 cm³/mol. The van der Waals surface area contributed by atoms with E-state index in [9.17, 15) is 8.42 Å². The molecule has 7 heteroatoms. The fourth-order valence-electron chi connectivity index (χ4n) is 0. The summed E-state index contributed by atoms with van der Waals surface area (Å²) in [5.41, 5.74) is 0. The minimum Gasteiger partial charge on any atom is -0.246 e. The number of hydrogen-bond donors (Lipinski definition) is 0. The van der Waals surface area contributed by atoms with Gasteiger partial charge in [-0.05, 0) is 0 Å². The largest absolute Gasteiger partial charge is 0.509 e. The average Bonchev–Trinajstić information content (AvgIpc) is 1.31. The predicted octanol–water partition coefficient (Wildman–Crippen LogP) is -1.21. The number of nitrogens with one attached hydrogen (secondary N) is 1. The third kappa shape index (κ3) is 2.06. The Morgan fingerprint density at radius 3 is 1.71 bits per heavy atom. The molecule has 0 unspecified atom stereocenters. The lowest BCUT2D eigenvalue weighted by molar-refractivity contribution is -0.305. The molecule has 0 rings (SSSR count). The molecule has 0 aliphatic carbocycles. The molecule has 1 radical (unpaired) electrons. The van der Waals surface area contributed by atoms with Gasteiger partial charge in [-0.3, -0.25) is 0 Å². The van der Waals surface area contributed by atoms with Crippen LogP contribution in [-0.4, -0.2) is 12.7 Å². The molecule has 0 spiro atoms. The van der Waals surface area contributed by atoms with E-state index in [0.29, 0.717) is 0 Å². The van der Waals surface area contributed by atoms with Gasteiger partial charge in [-0.25, -0.2) is 10.1 Å². The van der Waals surface area contributed by atoms with Crippen molar-refractivity contribution < 1.29 is 12.7 Å². The van der Waals surface area contributed by atoms with Gasteiger partial charge in [-0.1, -0.05) is 5.14 Å². The highest BCUT2D eigenvalue weighted by Gasteiger charge is 2.14.